The smallest absolute Gasteiger partial charge is 0.264 e. The third-order valence-electron chi connectivity index (χ3n) is 4.65. The number of fused-ring (bicyclic) bond motifs is 1. The molecule has 30 heavy (non-hydrogen) atoms. The number of ether oxygens (including phenoxy) is 2. The summed E-state index contributed by atoms with van der Waals surface area (Å²) in [7, 11) is 3.08. The van der Waals surface area contributed by atoms with Crippen molar-refractivity contribution in [3.05, 3.63) is 70.6 Å². The predicted octanol–water partition coefficient (Wildman–Crippen LogP) is 5.72. The van der Waals surface area contributed by atoms with Gasteiger partial charge in [0.25, 0.3) is 5.91 Å². The van der Waals surface area contributed by atoms with Crippen LogP contribution in [0, 0.1) is 6.92 Å². The molecule has 2 heterocycles. The molecule has 0 saturated heterocycles. The number of methoxy groups -OCH3 is 2. The maximum atomic E-state index is 13.6. The zero-order valence-corrected chi connectivity index (χ0v) is 18.2. The summed E-state index contributed by atoms with van der Waals surface area (Å²) in [6, 6.07) is 12.4. The average molecular weight is 443 g/mol. The molecule has 4 rings (SSSR count). The van der Waals surface area contributed by atoms with Crippen molar-refractivity contribution in [2.75, 3.05) is 19.1 Å². The summed E-state index contributed by atoms with van der Waals surface area (Å²) in [5, 5.41) is 1.18. The first-order valence-electron chi connectivity index (χ1n) is 9.13. The van der Waals surface area contributed by atoms with Gasteiger partial charge in [0.05, 0.1) is 42.8 Å². The summed E-state index contributed by atoms with van der Waals surface area (Å²) in [5.41, 5.74) is 2.14. The van der Waals surface area contributed by atoms with Gasteiger partial charge in [-0.25, -0.2) is 4.98 Å². The molecule has 154 valence electrons. The van der Waals surface area contributed by atoms with Crippen LogP contribution in [0.1, 0.15) is 21.7 Å². The Bertz CT molecular complexity index is 1200. The molecule has 8 heteroatoms. The number of hydrogen-bond donors (Lipinski definition) is 0. The fraction of sp³-hybridized carbons (Fsp3) is 0.182. The summed E-state index contributed by atoms with van der Waals surface area (Å²) in [5.74, 6) is 1.37. The largest absolute Gasteiger partial charge is 0.497 e. The average Bonchev–Trinajstić information content (AvgIpc) is 3.40. The Kier molecular flexibility index (Phi) is 5.65. The number of rotatable bonds is 6. The minimum atomic E-state index is -0.273. The number of hydrogen-bond acceptors (Lipinski definition) is 6. The summed E-state index contributed by atoms with van der Waals surface area (Å²) in [6.07, 6.45) is 1.58. The number of benzene rings is 2. The van der Waals surface area contributed by atoms with Gasteiger partial charge in [0.1, 0.15) is 17.3 Å². The Morgan fingerprint density at radius 2 is 2.03 bits per heavy atom. The van der Waals surface area contributed by atoms with Crippen LogP contribution < -0.4 is 14.4 Å². The molecule has 0 unspecified atom stereocenters. The number of aryl methyl sites for hydroxylation is 1. The molecule has 0 spiro atoms. The van der Waals surface area contributed by atoms with E-state index in [0.29, 0.717) is 33.0 Å². The zero-order chi connectivity index (χ0) is 21.3. The Labute approximate surface area is 182 Å². The van der Waals surface area contributed by atoms with Crippen LogP contribution in [0.15, 0.2) is 53.1 Å². The molecule has 0 bridgehead atoms. The quantitative estimate of drug-likeness (QED) is 0.382. The fourth-order valence-electron chi connectivity index (χ4n) is 3.17. The lowest BCUT2D eigenvalue weighted by molar-refractivity contribution is 0.0980. The molecule has 0 N–H and O–H groups in total. The van der Waals surface area contributed by atoms with Gasteiger partial charge in [-0.2, -0.15) is 0 Å². The minimum absolute atomic E-state index is 0.221. The number of furan rings is 1. The van der Waals surface area contributed by atoms with Crippen molar-refractivity contribution in [3.8, 4) is 11.5 Å². The first-order valence-corrected chi connectivity index (χ1v) is 10.3. The number of thiazole rings is 1. The second-order valence-corrected chi connectivity index (χ2v) is 8.05. The molecule has 1 amide bonds. The lowest BCUT2D eigenvalue weighted by Crippen LogP contribution is -2.30. The van der Waals surface area contributed by atoms with Crippen LogP contribution in [0.3, 0.4) is 0 Å². The topological polar surface area (TPSA) is 64.8 Å². The molecular weight excluding hydrogens is 424 g/mol. The van der Waals surface area contributed by atoms with E-state index in [9.17, 15) is 4.79 Å². The highest BCUT2D eigenvalue weighted by Crippen LogP contribution is 2.35. The Balaban J connectivity index is 1.83. The molecule has 2 aromatic carbocycles. The molecule has 2 aromatic heterocycles. The van der Waals surface area contributed by atoms with Crippen LogP contribution in [-0.2, 0) is 6.54 Å². The van der Waals surface area contributed by atoms with Crippen LogP contribution in [0.2, 0.25) is 5.02 Å². The number of carbonyl (C=O) groups is 1. The van der Waals surface area contributed by atoms with Gasteiger partial charge in [0.15, 0.2) is 5.13 Å². The minimum Gasteiger partial charge on any atom is -0.497 e. The first kappa shape index (κ1) is 20.3. The van der Waals surface area contributed by atoms with Crippen LogP contribution in [-0.4, -0.2) is 25.1 Å². The van der Waals surface area contributed by atoms with E-state index in [1.54, 1.807) is 42.5 Å². The van der Waals surface area contributed by atoms with Gasteiger partial charge in [-0.1, -0.05) is 22.9 Å². The maximum Gasteiger partial charge on any atom is 0.264 e. The molecule has 0 aliphatic carbocycles. The molecule has 0 radical (unpaired) electrons. The van der Waals surface area contributed by atoms with Gasteiger partial charge in [0, 0.05) is 5.02 Å². The van der Waals surface area contributed by atoms with Crippen molar-refractivity contribution >= 4 is 44.2 Å². The number of aromatic nitrogens is 1. The van der Waals surface area contributed by atoms with E-state index in [1.807, 2.05) is 25.1 Å². The zero-order valence-electron chi connectivity index (χ0n) is 16.6. The van der Waals surface area contributed by atoms with E-state index in [0.717, 1.165) is 15.8 Å². The van der Waals surface area contributed by atoms with Crippen LogP contribution in [0.25, 0.3) is 10.2 Å². The normalized spacial score (nSPS) is 10.9. The third-order valence-corrected chi connectivity index (χ3v) is 5.89. The number of carbonyl (C=O) groups excluding carboxylic acids is 1. The summed E-state index contributed by atoms with van der Waals surface area (Å²) in [4.78, 5) is 19.9. The van der Waals surface area contributed by atoms with Crippen molar-refractivity contribution in [1.82, 2.24) is 4.98 Å². The number of amides is 1. The molecule has 0 aliphatic rings. The van der Waals surface area contributed by atoms with Crippen molar-refractivity contribution in [2.24, 2.45) is 0 Å². The van der Waals surface area contributed by atoms with Gasteiger partial charge in [-0.3, -0.25) is 9.69 Å². The summed E-state index contributed by atoms with van der Waals surface area (Å²) in [6.45, 7) is 2.17. The first-order chi connectivity index (χ1) is 14.5. The highest BCUT2D eigenvalue weighted by molar-refractivity contribution is 7.22. The van der Waals surface area contributed by atoms with Gasteiger partial charge < -0.3 is 13.9 Å². The molecule has 4 aromatic rings. The standard InChI is InChI=1S/C22H19ClN2O4S/c1-13-9-14(23)10-19-20(13)24-22(30-19)25(12-16-5-4-8-29-16)21(26)17-11-15(27-2)6-7-18(17)28-3/h4-11H,12H2,1-3H3. The molecule has 0 aliphatic heterocycles. The van der Waals surface area contributed by atoms with E-state index < -0.39 is 0 Å². The van der Waals surface area contributed by atoms with Gasteiger partial charge >= 0.3 is 0 Å². The number of nitrogens with zero attached hydrogens (tertiary/aromatic N) is 2. The van der Waals surface area contributed by atoms with Crippen molar-refractivity contribution < 1.29 is 18.7 Å². The Hall–Kier alpha value is -3.03. The van der Waals surface area contributed by atoms with Crippen molar-refractivity contribution in [1.29, 1.82) is 0 Å². The lowest BCUT2D eigenvalue weighted by Gasteiger charge is -2.20. The van der Waals surface area contributed by atoms with Gasteiger partial charge in [-0.15, -0.1) is 0 Å². The van der Waals surface area contributed by atoms with Crippen LogP contribution in [0.4, 0.5) is 5.13 Å². The van der Waals surface area contributed by atoms with Gasteiger partial charge in [0.2, 0.25) is 0 Å². The summed E-state index contributed by atoms with van der Waals surface area (Å²) < 4.78 is 17.1. The van der Waals surface area contributed by atoms with Crippen LogP contribution in [0.5, 0.6) is 11.5 Å². The van der Waals surface area contributed by atoms with Crippen LogP contribution >= 0.6 is 22.9 Å². The summed E-state index contributed by atoms with van der Waals surface area (Å²) >= 11 is 7.61. The third kappa shape index (κ3) is 3.86. The van der Waals surface area contributed by atoms with Crippen molar-refractivity contribution in [2.45, 2.75) is 13.5 Å². The van der Waals surface area contributed by atoms with Crippen molar-refractivity contribution in [3.63, 3.8) is 0 Å². The highest BCUT2D eigenvalue weighted by Gasteiger charge is 2.26. The van der Waals surface area contributed by atoms with Gasteiger partial charge in [-0.05, 0) is 55.0 Å². The molecular formula is C22H19ClN2O4S. The monoisotopic (exact) mass is 442 g/mol. The number of anilines is 1. The maximum absolute atomic E-state index is 13.6. The SMILES string of the molecule is COc1ccc(OC)c(C(=O)N(Cc2ccco2)c2nc3c(C)cc(Cl)cc3s2)c1. The predicted molar refractivity (Wildman–Crippen MR) is 118 cm³/mol. The lowest BCUT2D eigenvalue weighted by atomic mass is 10.1. The van der Waals surface area contributed by atoms with E-state index in [2.05, 4.69) is 0 Å². The molecule has 6 nitrogen and oxygen atoms in total. The Morgan fingerprint density at radius 3 is 2.73 bits per heavy atom. The van der Waals surface area contributed by atoms with E-state index >= 15 is 0 Å². The molecule has 0 atom stereocenters. The van der Waals surface area contributed by atoms with E-state index in [4.69, 9.17) is 30.5 Å². The Morgan fingerprint density at radius 1 is 1.20 bits per heavy atom. The molecule has 0 saturated carbocycles. The second kappa shape index (κ2) is 8.38. The number of halogens is 1. The highest BCUT2D eigenvalue weighted by atomic mass is 35.5. The second-order valence-electron chi connectivity index (χ2n) is 6.60. The molecule has 0 fully saturated rings. The fourth-order valence-corrected chi connectivity index (χ4v) is 4.59. The van der Waals surface area contributed by atoms with E-state index in [-0.39, 0.29) is 12.5 Å². The van der Waals surface area contributed by atoms with E-state index in [1.165, 1.54) is 18.4 Å².